The van der Waals surface area contributed by atoms with Crippen LogP contribution in [0.2, 0.25) is 5.02 Å². The van der Waals surface area contributed by atoms with Crippen LogP contribution in [-0.2, 0) is 20.2 Å². The molecule has 0 unspecified atom stereocenters. The van der Waals surface area contributed by atoms with Crippen molar-refractivity contribution >= 4 is 11.6 Å². The molecular weight excluding hydrogens is 238 g/mol. The van der Waals surface area contributed by atoms with Crippen LogP contribution in [0, 0.1) is 0 Å². The van der Waals surface area contributed by atoms with Gasteiger partial charge < -0.3 is 15.0 Å². The Labute approximate surface area is 105 Å². The predicted octanol–water partition coefficient (Wildman–Crippen LogP) is 2.11. The molecule has 5 heteroatoms. The van der Waals surface area contributed by atoms with Crippen LogP contribution in [0.5, 0.6) is 5.75 Å². The molecule has 0 spiro atoms. The van der Waals surface area contributed by atoms with Gasteiger partial charge in [0.05, 0.1) is 18.2 Å². The highest BCUT2D eigenvalue weighted by molar-refractivity contribution is 6.30. The average molecular weight is 252 g/mol. The Morgan fingerprint density at radius 1 is 1.47 bits per heavy atom. The molecule has 0 saturated heterocycles. The molecule has 0 fully saturated rings. The summed E-state index contributed by atoms with van der Waals surface area (Å²) in [5, 5.41) is 0.665. The number of aryl methyl sites for hydroxylation is 1. The molecule has 0 amide bonds. The molecule has 0 atom stereocenters. The Bertz CT molecular complexity index is 510. The summed E-state index contributed by atoms with van der Waals surface area (Å²) < 4.78 is 7.62. The largest absolute Gasteiger partial charge is 0.487 e. The second-order valence-corrected chi connectivity index (χ2v) is 4.18. The van der Waals surface area contributed by atoms with Crippen molar-refractivity contribution in [2.45, 2.75) is 13.2 Å². The second-order valence-electron chi connectivity index (χ2n) is 3.74. The Morgan fingerprint density at radius 3 is 2.94 bits per heavy atom. The van der Waals surface area contributed by atoms with E-state index in [1.807, 2.05) is 23.7 Å². The van der Waals surface area contributed by atoms with Gasteiger partial charge in [-0.3, -0.25) is 0 Å². The highest BCUT2D eigenvalue weighted by Crippen LogP contribution is 2.23. The maximum absolute atomic E-state index is 5.90. The van der Waals surface area contributed by atoms with E-state index in [0.717, 1.165) is 17.0 Å². The Hall–Kier alpha value is -1.52. The van der Waals surface area contributed by atoms with E-state index < -0.39 is 0 Å². The average Bonchev–Trinajstić information content (AvgIpc) is 2.73. The number of hydrogen-bond donors (Lipinski definition) is 1. The number of rotatable bonds is 4. The molecule has 0 aliphatic carbocycles. The molecule has 4 nitrogen and oxygen atoms in total. The van der Waals surface area contributed by atoms with Gasteiger partial charge in [0.25, 0.3) is 0 Å². The molecule has 2 aromatic rings. The summed E-state index contributed by atoms with van der Waals surface area (Å²) in [6, 6.07) is 5.44. The van der Waals surface area contributed by atoms with Crippen LogP contribution in [0.3, 0.4) is 0 Å². The van der Waals surface area contributed by atoms with E-state index in [4.69, 9.17) is 22.1 Å². The number of benzene rings is 1. The van der Waals surface area contributed by atoms with Gasteiger partial charge in [-0.2, -0.15) is 0 Å². The predicted molar refractivity (Wildman–Crippen MR) is 66.9 cm³/mol. The minimum atomic E-state index is 0.404. The number of hydrogen-bond acceptors (Lipinski definition) is 3. The first-order valence-corrected chi connectivity index (χ1v) is 5.65. The third kappa shape index (κ3) is 2.78. The van der Waals surface area contributed by atoms with Gasteiger partial charge in [-0.05, 0) is 18.2 Å². The van der Waals surface area contributed by atoms with Crippen LogP contribution >= 0.6 is 11.6 Å². The van der Waals surface area contributed by atoms with Gasteiger partial charge in [0.2, 0.25) is 0 Å². The molecule has 90 valence electrons. The Kier molecular flexibility index (Phi) is 3.66. The molecule has 0 bridgehead atoms. The zero-order valence-corrected chi connectivity index (χ0v) is 10.3. The monoisotopic (exact) mass is 251 g/mol. The maximum Gasteiger partial charge on any atom is 0.130 e. The summed E-state index contributed by atoms with van der Waals surface area (Å²) in [5.41, 5.74) is 7.55. The quantitative estimate of drug-likeness (QED) is 0.906. The van der Waals surface area contributed by atoms with Crippen molar-refractivity contribution in [2.75, 3.05) is 0 Å². The lowest BCUT2D eigenvalue weighted by atomic mass is 10.2. The topological polar surface area (TPSA) is 53.1 Å². The van der Waals surface area contributed by atoms with Crippen molar-refractivity contribution < 1.29 is 4.74 Å². The van der Waals surface area contributed by atoms with Crippen molar-refractivity contribution in [1.82, 2.24) is 9.55 Å². The van der Waals surface area contributed by atoms with Crippen molar-refractivity contribution in [3.05, 3.63) is 47.0 Å². The number of ether oxygens (including phenoxy) is 1. The zero-order valence-electron chi connectivity index (χ0n) is 9.56. The zero-order chi connectivity index (χ0) is 12.3. The summed E-state index contributed by atoms with van der Waals surface area (Å²) in [6.07, 6.45) is 3.52. The standard InChI is InChI=1S/C12H14ClN3O/c1-16-8-15-6-11(16)7-17-12-3-2-10(13)4-9(12)5-14/h2-4,6,8H,5,7,14H2,1H3. The molecule has 0 radical (unpaired) electrons. The van der Waals surface area contributed by atoms with E-state index in [9.17, 15) is 0 Å². The van der Waals surface area contributed by atoms with Gasteiger partial charge in [0.15, 0.2) is 0 Å². The van der Waals surface area contributed by atoms with Gasteiger partial charge >= 0.3 is 0 Å². The molecule has 1 aromatic heterocycles. The van der Waals surface area contributed by atoms with Gasteiger partial charge in [-0.15, -0.1) is 0 Å². The molecule has 1 aromatic carbocycles. The fourth-order valence-corrected chi connectivity index (χ4v) is 1.72. The van der Waals surface area contributed by atoms with Crippen LogP contribution in [0.25, 0.3) is 0 Å². The van der Waals surface area contributed by atoms with Gasteiger partial charge in [-0.1, -0.05) is 11.6 Å². The number of nitrogens with zero attached hydrogens (tertiary/aromatic N) is 2. The fraction of sp³-hybridized carbons (Fsp3) is 0.250. The molecule has 0 aliphatic rings. The number of halogens is 1. The molecule has 17 heavy (non-hydrogen) atoms. The Balaban J connectivity index is 2.11. The summed E-state index contributed by atoms with van der Waals surface area (Å²) in [7, 11) is 1.93. The van der Waals surface area contributed by atoms with Crippen molar-refractivity contribution in [3.8, 4) is 5.75 Å². The lowest BCUT2D eigenvalue weighted by Gasteiger charge is -2.10. The number of imidazole rings is 1. The molecule has 0 saturated carbocycles. The second kappa shape index (κ2) is 5.21. The van der Waals surface area contributed by atoms with Crippen LogP contribution < -0.4 is 10.5 Å². The highest BCUT2D eigenvalue weighted by atomic mass is 35.5. The van der Waals surface area contributed by atoms with E-state index >= 15 is 0 Å². The minimum absolute atomic E-state index is 0.404. The van der Waals surface area contributed by atoms with E-state index in [-0.39, 0.29) is 0 Å². The SMILES string of the molecule is Cn1cncc1COc1ccc(Cl)cc1CN. The number of nitrogens with two attached hydrogens (primary N) is 1. The van der Waals surface area contributed by atoms with Gasteiger partial charge in [0, 0.05) is 24.2 Å². The van der Waals surface area contributed by atoms with Crippen LogP contribution in [0.4, 0.5) is 0 Å². The molecule has 0 aliphatic heterocycles. The highest BCUT2D eigenvalue weighted by Gasteiger charge is 2.05. The fourth-order valence-electron chi connectivity index (χ4n) is 1.52. The molecule has 2 rings (SSSR count). The van der Waals surface area contributed by atoms with E-state index in [2.05, 4.69) is 4.98 Å². The first kappa shape index (κ1) is 12.0. The summed E-state index contributed by atoms with van der Waals surface area (Å²) >= 11 is 5.90. The van der Waals surface area contributed by atoms with E-state index in [0.29, 0.717) is 18.2 Å². The third-order valence-electron chi connectivity index (χ3n) is 2.53. The van der Waals surface area contributed by atoms with E-state index in [1.54, 1.807) is 18.6 Å². The first-order valence-electron chi connectivity index (χ1n) is 5.27. The van der Waals surface area contributed by atoms with Crippen LogP contribution in [-0.4, -0.2) is 9.55 Å². The minimum Gasteiger partial charge on any atom is -0.487 e. The van der Waals surface area contributed by atoms with Gasteiger partial charge in [-0.25, -0.2) is 4.98 Å². The van der Waals surface area contributed by atoms with Crippen molar-refractivity contribution in [1.29, 1.82) is 0 Å². The normalized spacial score (nSPS) is 10.5. The van der Waals surface area contributed by atoms with Gasteiger partial charge in [0.1, 0.15) is 12.4 Å². The van der Waals surface area contributed by atoms with Crippen molar-refractivity contribution in [3.63, 3.8) is 0 Å². The summed E-state index contributed by atoms with van der Waals surface area (Å²) in [4.78, 5) is 4.03. The maximum atomic E-state index is 5.90. The third-order valence-corrected chi connectivity index (χ3v) is 2.77. The van der Waals surface area contributed by atoms with Crippen LogP contribution in [0.1, 0.15) is 11.3 Å². The summed E-state index contributed by atoms with van der Waals surface area (Å²) in [5.74, 6) is 0.762. The van der Waals surface area contributed by atoms with Crippen molar-refractivity contribution in [2.24, 2.45) is 12.8 Å². The molecule has 1 heterocycles. The lowest BCUT2D eigenvalue weighted by molar-refractivity contribution is 0.294. The number of aromatic nitrogens is 2. The molecule has 2 N–H and O–H groups in total. The Morgan fingerprint density at radius 2 is 2.29 bits per heavy atom. The first-order chi connectivity index (χ1) is 8.20. The summed E-state index contributed by atoms with van der Waals surface area (Å²) in [6.45, 7) is 0.867. The van der Waals surface area contributed by atoms with E-state index in [1.165, 1.54) is 0 Å². The lowest BCUT2D eigenvalue weighted by Crippen LogP contribution is -2.05. The molecular formula is C12H14ClN3O. The smallest absolute Gasteiger partial charge is 0.130 e. The van der Waals surface area contributed by atoms with Crippen LogP contribution in [0.15, 0.2) is 30.7 Å².